The molecule has 0 saturated heterocycles. The number of ether oxygens (including phenoxy) is 1. The van der Waals surface area contributed by atoms with E-state index in [1.165, 1.54) is 0 Å². The number of aromatic nitrogens is 2. The van der Waals surface area contributed by atoms with Crippen molar-refractivity contribution in [2.75, 3.05) is 12.4 Å². The number of rotatable bonds is 5. The number of methoxy groups -OCH3 is 1. The third-order valence-electron chi connectivity index (χ3n) is 2.95. The Morgan fingerprint density at radius 2 is 2.24 bits per heavy atom. The van der Waals surface area contributed by atoms with Gasteiger partial charge >= 0.3 is 6.03 Å². The fourth-order valence-electron chi connectivity index (χ4n) is 1.79. The largest absolute Gasteiger partial charge is 0.481 e. The first-order valence-corrected chi connectivity index (χ1v) is 6.63. The molecule has 0 spiro atoms. The summed E-state index contributed by atoms with van der Waals surface area (Å²) >= 11 is 0. The van der Waals surface area contributed by atoms with Crippen molar-refractivity contribution in [2.24, 2.45) is 0 Å². The lowest BCUT2D eigenvalue weighted by molar-refractivity contribution is 0.251. The number of anilines is 1. The van der Waals surface area contributed by atoms with Crippen LogP contribution in [0, 0.1) is 6.92 Å². The van der Waals surface area contributed by atoms with Gasteiger partial charge in [0.05, 0.1) is 7.11 Å². The van der Waals surface area contributed by atoms with Crippen molar-refractivity contribution >= 4 is 11.7 Å². The molecule has 2 aromatic rings. The highest BCUT2D eigenvalue weighted by Gasteiger charge is 2.13. The number of amides is 2. The van der Waals surface area contributed by atoms with Crippen molar-refractivity contribution in [2.45, 2.75) is 26.8 Å². The molecule has 0 fully saturated rings. The summed E-state index contributed by atoms with van der Waals surface area (Å²) in [6.07, 6.45) is 2.32. The number of pyridine rings is 1. The van der Waals surface area contributed by atoms with Gasteiger partial charge in [-0.2, -0.15) is 0 Å². The Bertz CT molecular complexity index is 607. The van der Waals surface area contributed by atoms with Crippen LogP contribution in [-0.2, 0) is 13.0 Å². The van der Waals surface area contributed by atoms with E-state index < -0.39 is 0 Å². The van der Waals surface area contributed by atoms with Crippen LogP contribution in [0.25, 0.3) is 0 Å². The number of hydrogen-bond acceptors (Lipinski definition) is 5. The maximum atomic E-state index is 11.9. The molecule has 0 aromatic carbocycles. The lowest BCUT2D eigenvalue weighted by Gasteiger charge is -2.07. The van der Waals surface area contributed by atoms with Gasteiger partial charge in [0.1, 0.15) is 11.4 Å². The van der Waals surface area contributed by atoms with Crippen LogP contribution in [0.15, 0.2) is 22.9 Å². The predicted octanol–water partition coefficient (Wildman–Crippen LogP) is 2.27. The molecule has 0 atom stereocenters. The third-order valence-corrected chi connectivity index (χ3v) is 2.95. The summed E-state index contributed by atoms with van der Waals surface area (Å²) in [5, 5.41) is 9.34. The summed E-state index contributed by atoms with van der Waals surface area (Å²) in [7, 11) is 1.56. The summed E-state index contributed by atoms with van der Waals surface area (Å²) in [6.45, 7) is 4.09. The van der Waals surface area contributed by atoms with E-state index in [4.69, 9.17) is 9.26 Å². The molecule has 0 saturated carbocycles. The van der Waals surface area contributed by atoms with Gasteiger partial charge in [0, 0.05) is 25.2 Å². The standard InChI is InChI=1S/C14H18N4O3/c1-4-11-13(9(2)18-21-11)17-14(19)16-8-10-5-6-12(20-3)15-7-10/h5-7H,4,8H2,1-3H3,(H2,16,17,19). The van der Waals surface area contributed by atoms with Gasteiger partial charge in [0.2, 0.25) is 5.88 Å². The Kier molecular flexibility index (Phi) is 4.76. The summed E-state index contributed by atoms with van der Waals surface area (Å²) < 4.78 is 10.1. The first-order valence-electron chi connectivity index (χ1n) is 6.63. The van der Waals surface area contributed by atoms with E-state index in [-0.39, 0.29) is 6.03 Å². The summed E-state index contributed by atoms with van der Waals surface area (Å²) in [4.78, 5) is 16.0. The Labute approximate surface area is 122 Å². The van der Waals surface area contributed by atoms with Crippen LogP contribution >= 0.6 is 0 Å². The quantitative estimate of drug-likeness (QED) is 0.881. The summed E-state index contributed by atoms with van der Waals surface area (Å²) in [6, 6.07) is 3.27. The average molecular weight is 290 g/mol. The van der Waals surface area contributed by atoms with Gasteiger partial charge in [-0.25, -0.2) is 9.78 Å². The second-order valence-corrected chi connectivity index (χ2v) is 4.44. The SMILES string of the molecule is CCc1onc(C)c1NC(=O)NCc1ccc(OC)nc1. The number of urea groups is 1. The molecule has 0 bridgehead atoms. The fraction of sp³-hybridized carbons (Fsp3) is 0.357. The Hall–Kier alpha value is -2.57. The molecular formula is C14H18N4O3. The van der Waals surface area contributed by atoms with Crippen LogP contribution in [0.3, 0.4) is 0 Å². The van der Waals surface area contributed by atoms with E-state index in [0.29, 0.717) is 36.0 Å². The van der Waals surface area contributed by atoms with E-state index in [2.05, 4.69) is 20.8 Å². The molecule has 2 N–H and O–H groups in total. The van der Waals surface area contributed by atoms with Crippen molar-refractivity contribution in [1.29, 1.82) is 0 Å². The molecule has 21 heavy (non-hydrogen) atoms. The Morgan fingerprint density at radius 1 is 1.43 bits per heavy atom. The molecule has 0 aliphatic carbocycles. The van der Waals surface area contributed by atoms with Gasteiger partial charge in [-0.1, -0.05) is 18.1 Å². The number of carbonyl (C=O) groups is 1. The van der Waals surface area contributed by atoms with Crippen molar-refractivity contribution in [3.8, 4) is 5.88 Å². The van der Waals surface area contributed by atoms with Gasteiger partial charge in [0.15, 0.2) is 5.76 Å². The topological polar surface area (TPSA) is 89.3 Å². The molecule has 2 rings (SSSR count). The second-order valence-electron chi connectivity index (χ2n) is 4.44. The lowest BCUT2D eigenvalue weighted by Crippen LogP contribution is -2.28. The molecule has 0 aliphatic rings. The average Bonchev–Trinajstić information content (AvgIpc) is 2.86. The van der Waals surface area contributed by atoms with Crippen LogP contribution in [0.5, 0.6) is 5.88 Å². The van der Waals surface area contributed by atoms with Crippen molar-refractivity contribution < 1.29 is 14.1 Å². The molecule has 7 nitrogen and oxygen atoms in total. The zero-order valence-electron chi connectivity index (χ0n) is 12.3. The minimum Gasteiger partial charge on any atom is -0.481 e. The van der Waals surface area contributed by atoms with Crippen LogP contribution in [-0.4, -0.2) is 23.3 Å². The van der Waals surface area contributed by atoms with Gasteiger partial charge in [-0.3, -0.25) is 0 Å². The van der Waals surface area contributed by atoms with Crippen molar-refractivity contribution in [3.05, 3.63) is 35.3 Å². The zero-order valence-corrected chi connectivity index (χ0v) is 12.3. The van der Waals surface area contributed by atoms with E-state index >= 15 is 0 Å². The number of nitrogens with one attached hydrogen (secondary N) is 2. The number of nitrogens with zero attached hydrogens (tertiary/aromatic N) is 2. The number of hydrogen-bond donors (Lipinski definition) is 2. The molecule has 0 aliphatic heterocycles. The zero-order chi connectivity index (χ0) is 15.2. The fourth-order valence-corrected chi connectivity index (χ4v) is 1.79. The van der Waals surface area contributed by atoms with Gasteiger partial charge < -0.3 is 19.9 Å². The predicted molar refractivity (Wildman–Crippen MR) is 77.3 cm³/mol. The molecule has 2 aromatic heterocycles. The van der Waals surface area contributed by atoms with Crippen LogP contribution in [0.2, 0.25) is 0 Å². The van der Waals surface area contributed by atoms with E-state index in [1.807, 2.05) is 13.0 Å². The molecule has 2 amide bonds. The second kappa shape index (κ2) is 6.74. The Morgan fingerprint density at radius 3 is 2.86 bits per heavy atom. The molecule has 0 unspecified atom stereocenters. The van der Waals surface area contributed by atoms with Crippen LogP contribution in [0.1, 0.15) is 23.9 Å². The van der Waals surface area contributed by atoms with Crippen molar-refractivity contribution in [3.63, 3.8) is 0 Å². The lowest BCUT2D eigenvalue weighted by atomic mass is 10.2. The minimum absolute atomic E-state index is 0.313. The first-order chi connectivity index (χ1) is 10.1. The highest BCUT2D eigenvalue weighted by Crippen LogP contribution is 2.20. The maximum absolute atomic E-state index is 11.9. The Balaban J connectivity index is 1.91. The van der Waals surface area contributed by atoms with E-state index in [0.717, 1.165) is 5.56 Å². The monoisotopic (exact) mass is 290 g/mol. The molecule has 7 heteroatoms. The molecule has 2 heterocycles. The smallest absolute Gasteiger partial charge is 0.319 e. The van der Waals surface area contributed by atoms with Gasteiger partial charge in [-0.05, 0) is 12.5 Å². The molecule has 0 radical (unpaired) electrons. The minimum atomic E-state index is -0.313. The highest BCUT2D eigenvalue weighted by molar-refractivity contribution is 5.90. The molecule has 112 valence electrons. The van der Waals surface area contributed by atoms with E-state index in [1.54, 1.807) is 26.3 Å². The van der Waals surface area contributed by atoms with Gasteiger partial charge in [0.25, 0.3) is 0 Å². The molecular weight excluding hydrogens is 272 g/mol. The summed E-state index contributed by atoms with van der Waals surface area (Å²) in [5.74, 6) is 1.20. The van der Waals surface area contributed by atoms with E-state index in [9.17, 15) is 4.79 Å². The number of aryl methyl sites for hydroxylation is 2. The highest BCUT2D eigenvalue weighted by atomic mass is 16.5. The van der Waals surface area contributed by atoms with Gasteiger partial charge in [-0.15, -0.1) is 0 Å². The van der Waals surface area contributed by atoms with Crippen molar-refractivity contribution in [1.82, 2.24) is 15.5 Å². The normalized spacial score (nSPS) is 10.2. The van der Waals surface area contributed by atoms with Crippen LogP contribution < -0.4 is 15.4 Å². The number of carbonyl (C=O) groups excluding carboxylic acids is 1. The van der Waals surface area contributed by atoms with Crippen LogP contribution in [0.4, 0.5) is 10.5 Å². The first kappa shape index (κ1) is 14.8. The third kappa shape index (κ3) is 3.71. The maximum Gasteiger partial charge on any atom is 0.319 e. The summed E-state index contributed by atoms with van der Waals surface area (Å²) in [5.41, 5.74) is 2.17.